The molecule has 1 aromatic carbocycles. The van der Waals surface area contributed by atoms with E-state index in [9.17, 15) is 8.78 Å². The summed E-state index contributed by atoms with van der Waals surface area (Å²) in [5, 5.41) is 3.33. The Morgan fingerprint density at radius 1 is 1.06 bits per heavy atom. The first-order chi connectivity index (χ1) is 8.25. The summed E-state index contributed by atoms with van der Waals surface area (Å²) < 4.78 is 25.7. The second-order valence-electron chi connectivity index (χ2n) is 4.88. The van der Waals surface area contributed by atoms with Crippen molar-refractivity contribution in [1.29, 1.82) is 0 Å². The van der Waals surface area contributed by atoms with Crippen LogP contribution < -0.4 is 5.32 Å². The predicted molar refractivity (Wildman–Crippen MR) is 64.6 cm³/mol. The van der Waals surface area contributed by atoms with Crippen molar-refractivity contribution in [3.05, 3.63) is 35.4 Å². The average molecular weight is 239 g/mol. The minimum absolute atomic E-state index is 0.619. The molecule has 0 spiro atoms. The summed E-state index contributed by atoms with van der Waals surface area (Å²) in [5.41, 5.74) is 0.805. The van der Waals surface area contributed by atoms with Gasteiger partial charge in [-0.2, -0.15) is 0 Å². The maximum atomic E-state index is 13.0. The fraction of sp³-hybridized carbons (Fsp3) is 0.571. The molecule has 0 bridgehead atoms. The molecule has 1 aliphatic carbocycles. The lowest BCUT2D eigenvalue weighted by Gasteiger charge is -2.21. The van der Waals surface area contributed by atoms with Crippen LogP contribution in [0.15, 0.2) is 18.2 Å². The molecule has 3 heteroatoms. The highest BCUT2D eigenvalue weighted by Gasteiger charge is 2.12. The summed E-state index contributed by atoms with van der Waals surface area (Å²) in [6.07, 6.45) is 6.62. The van der Waals surface area contributed by atoms with Gasteiger partial charge in [0.25, 0.3) is 0 Å². The molecule has 94 valence electrons. The minimum Gasteiger partial charge on any atom is -0.312 e. The van der Waals surface area contributed by atoms with Crippen molar-refractivity contribution in [2.24, 2.45) is 5.92 Å². The third-order valence-electron chi connectivity index (χ3n) is 3.47. The summed E-state index contributed by atoms with van der Waals surface area (Å²) in [6.45, 7) is 1.60. The molecule has 0 aromatic heterocycles. The standard InChI is InChI=1S/C14H19F2N/c15-13-7-6-12(8-14(13)16)10-17-9-11-4-2-1-3-5-11/h6-8,11,17H,1-5,9-10H2. The number of hydrogen-bond acceptors (Lipinski definition) is 1. The molecule has 1 aromatic rings. The number of halogens is 2. The van der Waals surface area contributed by atoms with Gasteiger partial charge >= 0.3 is 0 Å². The van der Waals surface area contributed by atoms with Crippen LogP contribution in [0.3, 0.4) is 0 Å². The highest BCUT2D eigenvalue weighted by Crippen LogP contribution is 2.22. The predicted octanol–water partition coefficient (Wildman–Crippen LogP) is 3.63. The Kier molecular flexibility index (Phi) is 4.49. The monoisotopic (exact) mass is 239 g/mol. The first-order valence-corrected chi connectivity index (χ1v) is 6.40. The van der Waals surface area contributed by atoms with Crippen molar-refractivity contribution < 1.29 is 8.78 Å². The third kappa shape index (κ3) is 3.77. The number of rotatable bonds is 4. The van der Waals surface area contributed by atoms with Crippen LogP contribution in [0, 0.1) is 17.6 Å². The fourth-order valence-corrected chi connectivity index (χ4v) is 2.46. The lowest BCUT2D eigenvalue weighted by molar-refractivity contribution is 0.342. The second kappa shape index (κ2) is 6.10. The van der Waals surface area contributed by atoms with E-state index in [1.807, 2.05) is 0 Å². The molecule has 0 aliphatic heterocycles. The van der Waals surface area contributed by atoms with Crippen LogP contribution in [0.5, 0.6) is 0 Å². The Morgan fingerprint density at radius 3 is 2.53 bits per heavy atom. The van der Waals surface area contributed by atoms with Crippen LogP contribution in [0.25, 0.3) is 0 Å². The number of benzene rings is 1. The molecule has 0 radical (unpaired) electrons. The molecular formula is C14H19F2N. The van der Waals surface area contributed by atoms with E-state index in [0.717, 1.165) is 18.0 Å². The SMILES string of the molecule is Fc1ccc(CNCC2CCCCC2)cc1F. The summed E-state index contributed by atoms with van der Waals surface area (Å²) in [6, 6.07) is 4.09. The molecule has 1 fully saturated rings. The van der Waals surface area contributed by atoms with Crippen LogP contribution in [0.4, 0.5) is 8.78 Å². The fourth-order valence-electron chi connectivity index (χ4n) is 2.46. The molecule has 1 N–H and O–H groups in total. The maximum Gasteiger partial charge on any atom is 0.159 e. The first-order valence-electron chi connectivity index (χ1n) is 6.40. The Labute approximate surface area is 101 Å². The van der Waals surface area contributed by atoms with Gasteiger partial charge in [0.05, 0.1) is 0 Å². The average Bonchev–Trinajstić information content (AvgIpc) is 2.35. The van der Waals surface area contributed by atoms with Gasteiger partial charge < -0.3 is 5.32 Å². The molecule has 1 aliphatic rings. The Hall–Kier alpha value is -0.960. The van der Waals surface area contributed by atoms with E-state index >= 15 is 0 Å². The molecule has 0 saturated heterocycles. The van der Waals surface area contributed by atoms with Gasteiger partial charge in [0.15, 0.2) is 11.6 Å². The largest absolute Gasteiger partial charge is 0.312 e. The maximum absolute atomic E-state index is 13.0. The first kappa shape index (κ1) is 12.5. The molecule has 2 rings (SSSR count). The van der Waals surface area contributed by atoms with Crippen molar-refractivity contribution in [3.8, 4) is 0 Å². The molecule has 0 unspecified atom stereocenters. The molecule has 17 heavy (non-hydrogen) atoms. The van der Waals surface area contributed by atoms with Gasteiger partial charge in [-0.15, -0.1) is 0 Å². The van der Waals surface area contributed by atoms with E-state index < -0.39 is 11.6 Å². The minimum atomic E-state index is -0.777. The zero-order chi connectivity index (χ0) is 12.1. The van der Waals surface area contributed by atoms with Gasteiger partial charge in [-0.05, 0) is 43.0 Å². The summed E-state index contributed by atoms with van der Waals surface area (Å²) >= 11 is 0. The van der Waals surface area contributed by atoms with Crippen molar-refractivity contribution in [2.75, 3.05) is 6.54 Å². The normalized spacial score (nSPS) is 17.3. The van der Waals surface area contributed by atoms with E-state index in [-0.39, 0.29) is 0 Å². The quantitative estimate of drug-likeness (QED) is 0.846. The van der Waals surface area contributed by atoms with Crippen LogP contribution in [0.1, 0.15) is 37.7 Å². The highest BCUT2D eigenvalue weighted by molar-refractivity contribution is 5.17. The van der Waals surface area contributed by atoms with E-state index in [2.05, 4.69) is 5.32 Å². The van der Waals surface area contributed by atoms with Crippen LogP contribution in [0.2, 0.25) is 0 Å². The lowest BCUT2D eigenvalue weighted by Crippen LogP contribution is -2.24. The van der Waals surface area contributed by atoms with Gasteiger partial charge in [-0.3, -0.25) is 0 Å². The van der Waals surface area contributed by atoms with E-state index in [1.165, 1.54) is 44.2 Å². The molecule has 1 saturated carbocycles. The van der Waals surface area contributed by atoms with Gasteiger partial charge in [-0.1, -0.05) is 25.3 Å². The van der Waals surface area contributed by atoms with Crippen molar-refractivity contribution in [1.82, 2.24) is 5.32 Å². The van der Waals surface area contributed by atoms with Crippen molar-refractivity contribution >= 4 is 0 Å². The smallest absolute Gasteiger partial charge is 0.159 e. The van der Waals surface area contributed by atoms with Crippen molar-refractivity contribution in [3.63, 3.8) is 0 Å². The van der Waals surface area contributed by atoms with E-state index in [4.69, 9.17) is 0 Å². The van der Waals surface area contributed by atoms with Gasteiger partial charge in [0, 0.05) is 6.54 Å². The summed E-state index contributed by atoms with van der Waals surface area (Å²) in [4.78, 5) is 0. The van der Waals surface area contributed by atoms with Crippen molar-refractivity contribution in [2.45, 2.75) is 38.6 Å². The Bertz CT molecular complexity index is 359. The van der Waals surface area contributed by atoms with E-state index in [1.54, 1.807) is 6.07 Å². The molecular weight excluding hydrogens is 220 g/mol. The highest BCUT2D eigenvalue weighted by atomic mass is 19.2. The lowest BCUT2D eigenvalue weighted by atomic mass is 9.89. The Morgan fingerprint density at radius 2 is 1.82 bits per heavy atom. The van der Waals surface area contributed by atoms with Gasteiger partial charge in [0.1, 0.15) is 0 Å². The summed E-state index contributed by atoms with van der Waals surface area (Å²) in [7, 11) is 0. The van der Waals surface area contributed by atoms with Crippen LogP contribution >= 0.6 is 0 Å². The topological polar surface area (TPSA) is 12.0 Å². The second-order valence-corrected chi connectivity index (χ2v) is 4.88. The Balaban J connectivity index is 1.75. The molecule has 0 atom stereocenters. The number of nitrogens with one attached hydrogen (secondary N) is 1. The van der Waals surface area contributed by atoms with Gasteiger partial charge in [0.2, 0.25) is 0 Å². The van der Waals surface area contributed by atoms with Gasteiger partial charge in [-0.25, -0.2) is 8.78 Å². The van der Waals surface area contributed by atoms with E-state index in [0.29, 0.717) is 6.54 Å². The number of hydrogen-bond donors (Lipinski definition) is 1. The van der Waals surface area contributed by atoms with Crippen LogP contribution in [-0.4, -0.2) is 6.54 Å². The molecule has 0 heterocycles. The molecule has 0 amide bonds. The van der Waals surface area contributed by atoms with Crippen LogP contribution in [-0.2, 0) is 6.54 Å². The summed E-state index contributed by atoms with van der Waals surface area (Å²) in [5.74, 6) is -0.781. The third-order valence-corrected chi connectivity index (χ3v) is 3.47. The molecule has 1 nitrogen and oxygen atoms in total. The zero-order valence-electron chi connectivity index (χ0n) is 10.0. The zero-order valence-corrected chi connectivity index (χ0v) is 10.0.